The number of imidazole rings is 1. The first-order chi connectivity index (χ1) is 11.5. The van der Waals surface area contributed by atoms with E-state index in [1.54, 1.807) is 24.4 Å². The summed E-state index contributed by atoms with van der Waals surface area (Å²) in [6.45, 7) is 2.18. The van der Waals surface area contributed by atoms with Crippen molar-refractivity contribution < 1.29 is 13.9 Å². The number of likely N-dealkylation sites (tertiary alicyclic amines) is 1. The fourth-order valence-corrected chi connectivity index (χ4v) is 3.40. The van der Waals surface area contributed by atoms with Gasteiger partial charge in [-0.3, -0.25) is 9.69 Å². The quantitative estimate of drug-likeness (QED) is 0.817. The summed E-state index contributed by atoms with van der Waals surface area (Å²) < 4.78 is 21.2. The molecular formula is C17H25FN4O2. The molecule has 132 valence electrons. The maximum absolute atomic E-state index is 14.0. The highest BCUT2D eigenvalue weighted by atomic mass is 19.1. The Kier molecular flexibility index (Phi) is 5.18. The lowest BCUT2D eigenvalue weighted by atomic mass is 10.1. The highest BCUT2D eigenvalue weighted by Gasteiger charge is 2.34. The molecule has 0 spiro atoms. The van der Waals surface area contributed by atoms with E-state index in [9.17, 15) is 9.18 Å². The zero-order valence-corrected chi connectivity index (χ0v) is 14.3. The molecule has 1 amide bonds. The first-order valence-electron chi connectivity index (χ1n) is 8.45. The summed E-state index contributed by atoms with van der Waals surface area (Å²) in [5, 5.41) is 0. The largest absolute Gasteiger partial charge is 0.501 e. The SMILES string of the molecule is CN(C[C@@H]1C[C@H](F)CN1Cc1nccn1C)C(=O)C1=COCCC1. The fourth-order valence-electron chi connectivity index (χ4n) is 3.40. The van der Waals surface area contributed by atoms with Crippen molar-refractivity contribution in [2.24, 2.45) is 7.05 Å². The van der Waals surface area contributed by atoms with Gasteiger partial charge in [0.2, 0.25) is 0 Å². The number of alkyl halides is 1. The number of rotatable bonds is 5. The van der Waals surface area contributed by atoms with Crippen LogP contribution in [0.4, 0.5) is 4.39 Å². The van der Waals surface area contributed by atoms with Gasteiger partial charge in [-0.1, -0.05) is 0 Å². The lowest BCUT2D eigenvalue weighted by Crippen LogP contribution is -2.41. The van der Waals surface area contributed by atoms with Gasteiger partial charge in [-0.05, 0) is 19.3 Å². The number of amides is 1. The number of hydrogen-bond acceptors (Lipinski definition) is 4. The number of halogens is 1. The third kappa shape index (κ3) is 3.77. The summed E-state index contributed by atoms with van der Waals surface area (Å²) in [6.07, 6.45) is 6.43. The molecule has 1 aromatic rings. The molecule has 0 unspecified atom stereocenters. The molecule has 0 N–H and O–H groups in total. The molecule has 2 aliphatic rings. The Morgan fingerprint density at radius 2 is 2.38 bits per heavy atom. The average molecular weight is 336 g/mol. The molecule has 0 radical (unpaired) electrons. The van der Waals surface area contributed by atoms with E-state index in [-0.39, 0.29) is 11.9 Å². The summed E-state index contributed by atoms with van der Waals surface area (Å²) in [5.41, 5.74) is 0.703. The number of hydrogen-bond donors (Lipinski definition) is 0. The van der Waals surface area contributed by atoms with Crippen molar-refractivity contribution in [1.82, 2.24) is 19.4 Å². The number of carbonyl (C=O) groups is 1. The van der Waals surface area contributed by atoms with E-state index in [1.807, 2.05) is 17.8 Å². The molecule has 1 fully saturated rings. The van der Waals surface area contributed by atoms with Gasteiger partial charge >= 0.3 is 0 Å². The molecule has 6 nitrogen and oxygen atoms in total. The van der Waals surface area contributed by atoms with Crippen LogP contribution >= 0.6 is 0 Å². The predicted molar refractivity (Wildman–Crippen MR) is 87.8 cm³/mol. The summed E-state index contributed by atoms with van der Waals surface area (Å²) >= 11 is 0. The van der Waals surface area contributed by atoms with Crippen molar-refractivity contribution in [3.05, 3.63) is 30.1 Å². The van der Waals surface area contributed by atoms with Crippen LogP contribution in [0.1, 0.15) is 25.1 Å². The van der Waals surface area contributed by atoms with Crippen molar-refractivity contribution in [3.63, 3.8) is 0 Å². The normalized spacial score (nSPS) is 24.5. The number of carbonyl (C=O) groups excluding carboxylic acids is 1. The molecule has 2 aliphatic heterocycles. The summed E-state index contributed by atoms with van der Waals surface area (Å²) in [4.78, 5) is 20.6. The Morgan fingerprint density at radius 3 is 3.04 bits per heavy atom. The Labute approximate surface area is 141 Å². The van der Waals surface area contributed by atoms with Gasteiger partial charge in [-0.25, -0.2) is 9.37 Å². The minimum atomic E-state index is -0.851. The van der Waals surface area contributed by atoms with E-state index in [1.165, 1.54) is 0 Å². The molecule has 3 rings (SSSR count). The Morgan fingerprint density at radius 1 is 1.54 bits per heavy atom. The summed E-state index contributed by atoms with van der Waals surface area (Å²) in [5.74, 6) is 0.889. The van der Waals surface area contributed by atoms with Crippen LogP contribution in [0.3, 0.4) is 0 Å². The lowest BCUT2D eigenvalue weighted by Gasteiger charge is -2.29. The van der Waals surface area contributed by atoms with E-state index in [2.05, 4.69) is 9.88 Å². The molecule has 0 aliphatic carbocycles. The van der Waals surface area contributed by atoms with Crippen molar-refractivity contribution in [3.8, 4) is 0 Å². The van der Waals surface area contributed by atoms with E-state index < -0.39 is 6.17 Å². The average Bonchev–Trinajstić information content (AvgIpc) is 3.13. The highest BCUT2D eigenvalue weighted by Crippen LogP contribution is 2.24. The number of likely N-dealkylation sites (N-methyl/N-ethyl adjacent to an activating group) is 1. The van der Waals surface area contributed by atoms with Gasteiger partial charge in [0.15, 0.2) is 0 Å². The second-order valence-electron chi connectivity index (χ2n) is 6.67. The van der Waals surface area contributed by atoms with E-state index in [4.69, 9.17) is 4.74 Å². The molecule has 2 atom stereocenters. The lowest BCUT2D eigenvalue weighted by molar-refractivity contribution is -0.127. The van der Waals surface area contributed by atoms with Crippen molar-refractivity contribution in [1.29, 1.82) is 0 Å². The van der Waals surface area contributed by atoms with Gasteiger partial charge in [0.05, 0.1) is 25.0 Å². The minimum absolute atomic E-state index is 0.00996. The maximum atomic E-state index is 14.0. The molecule has 3 heterocycles. The molecule has 7 heteroatoms. The fraction of sp³-hybridized carbons (Fsp3) is 0.647. The second kappa shape index (κ2) is 7.34. The van der Waals surface area contributed by atoms with Crippen LogP contribution in [0.15, 0.2) is 24.2 Å². The van der Waals surface area contributed by atoms with Crippen LogP contribution in [0.5, 0.6) is 0 Å². The molecule has 24 heavy (non-hydrogen) atoms. The Hall–Kier alpha value is -1.89. The van der Waals surface area contributed by atoms with Gasteiger partial charge in [0.25, 0.3) is 5.91 Å². The van der Waals surface area contributed by atoms with Crippen molar-refractivity contribution in [2.75, 3.05) is 26.7 Å². The second-order valence-corrected chi connectivity index (χ2v) is 6.67. The van der Waals surface area contributed by atoms with E-state index in [0.29, 0.717) is 38.2 Å². The van der Waals surface area contributed by atoms with Gasteiger partial charge in [-0.15, -0.1) is 0 Å². The molecule has 0 aromatic carbocycles. The number of ether oxygens (including phenoxy) is 1. The van der Waals surface area contributed by atoms with Crippen LogP contribution < -0.4 is 0 Å². The standard InChI is InChI=1S/C17H25FN4O2/c1-20-6-5-19-16(20)11-22-9-14(18)8-15(22)10-21(2)17(23)13-4-3-7-24-12-13/h5-6,12,14-15H,3-4,7-11H2,1-2H3/t14-,15-/m0/s1. The van der Waals surface area contributed by atoms with E-state index in [0.717, 1.165) is 18.7 Å². The predicted octanol–water partition coefficient (Wildman–Crippen LogP) is 1.49. The van der Waals surface area contributed by atoms with Crippen LogP contribution in [0, 0.1) is 0 Å². The van der Waals surface area contributed by atoms with Crippen LogP contribution in [-0.2, 0) is 23.1 Å². The summed E-state index contributed by atoms with van der Waals surface area (Å²) in [6, 6.07) is 0.00996. The highest BCUT2D eigenvalue weighted by molar-refractivity contribution is 5.93. The van der Waals surface area contributed by atoms with Gasteiger partial charge in [0, 0.05) is 45.6 Å². The first kappa shape index (κ1) is 17.0. The van der Waals surface area contributed by atoms with Crippen LogP contribution in [0.2, 0.25) is 0 Å². The Bertz CT molecular complexity index is 615. The number of aromatic nitrogens is 2. The molecule has 0 saturated carbocycles. The first-order valence-corrected chi connectivity index (χ1v) is 8.45. The van der Waals surface area contributed by atoms with Crippen molar-refractivity contribution >= 4 is 5.91 Å². The molecule has 1 saturated heterocycles. The van der Waals surface area contributed by atoms with Gasteiger partial charge in [0.1, 0.15) is 12.0 Å². The molecule has 1 aromatic heterocycles. The number of nitrogens with zero attached hydrogens (tertiary/aromatic N) is 4. The Balaban J connectivity index is 1.62. The zero-order chi connectivity index (χ0) is 17.1. The van der Waals surface area contributed by atoms with Gasteiger partial charge < -0.3 is 14.2 Å². The molecule has 0 bridgehead atoms. The maximum Gasteiger partial charge on any atom is 0.252 e. The topological polar surface area (TPSA) is 50.6 Å². The smallest absolute Gasteiger partial charge is 0.252 e. The third-order valence-electron chi connectivity index (χ3n) is 4.78. The summed E-state index contributed by atoms with van der Waals surface area (Å²) in [7, 11) is 3.72. The van der Waals surface area contributed by atoms with Crippen molar-refractivity contribution in [2.45, 2.75) is 38.0 Å². The monoisotopic (exact) mass is 336 g/mol. The zero-order valence-electron chi connectivity index (χ0n) is 14.3. The van der Waals surface area contributed by atoms with Crippen LogP contribution in [-0.4, -0.2) is 64.2 Å². The van der Waals surface area contributed by atoms with Gasteiger partial charge in [-0.2, -0.15) is 0 Å². The van der Waals surface area contributed by atoms with Crippen LogP contribution in [0.25, 0.3) is 0 Å². The minimum Gasteiger partial charge on any atom is -0.501 e. The molecular weight excluding hydrogens is 311 g/mol. The van der Waals surface area contributed by atoms with E-state index >= 15 is 0 Å². The third-order valence-corrected chi connectivity index (χ3v) is 4.78. The number of aryl methyl sites for hydroxylation is 1.